The number of aromatic nitrogens is 2. The van der Waals surface area contributed by atoms with Crippen LogP contribution in [0.2, 0.25) is 0 Å². The van der Waals surface area contributed by atoms with Crippen molar-refractivity contribution in [1.82, 2.24) is 14.9 Å². The molecule has 6 heteroatoms. The molecular formula is C14H19N3O2S. The van der Waals surface area contributed by atoms with Crippen LogP contribution in [0.4, 0.5) is 0 Å². The van der Waals surface area contributed by atoms with Gasteiger partial charge in [-0.25, -0.2) is 4.79 Å². The molecule has 0 radical (unpaired) electrons. The minimum atomic E-state index is -0.346. The first-order valence-corrected chi connectivity index (χ1v) is 7.50. The van der Waals surface area contributed by atoms with Gasteiger partial charge in [0.25, 0.3) is 5.56 Å². The van der Waals surface area contributed by atoms with Crippen molar-refractivity contribution >= 4 is 11.3 Å². The highest BCUT2D eigenvalue weighted by Crippen LogP contribution is 2.14. The number of thiophene rings is 1. The third-order valence-corrected chi connectivity index (χ3v) is 4.09. The van der Waals surface area contributed by atoms with Gasteiger partial charge in [0, 0.05) is 41.1 Å². The predicted octanol–water partition coefficient (Wildman–Crippen LogP) is 1.26. The maximum atomic E-state index is 11.7. The Morgan fingerprint density at radius 3 is 2.80 bits per heavy atom. The SMILES string of the molecule is CCc1cn(CCNCc2ccc(C)s2)c(=O)[nH]c1=O. The Balaban J connectivity index is 1.91. The van der Waals surface area contributed by atoms with E-state index >= 15 is 0 Å². The summed E-state index contributed by atoms with van der Waals surface area (Å²) in [7, 11) is 0. The van der Waals surface area contributed by atoms with Gasteiger partial charge < -0.3 is 5.32 Å². The highest BCUT2D eigenvalue weighted by molar-refractivity contribution is 7.11. The lowest BCUT2D eigenvalue weighted by Crippen LogP contribution is -2.34. The first-order valence-electron chi connectivity index (χ1n) is 6.69. The van der Waals surface area contributed by atoms with Crippen LogP contribution in [-0.4, -0.2) is 16.1 Å². The van der Waals surface area contributed by atoms with Crippen molar-refractivity contribution in [3.05, 3.63) is 54.5 Å². The fourth-order valence-electron chi connectivity index (χ4n) is 1.96. The van der Waals surface area contributed by atoms with Gasteiger partial charge in [0.15, 0.2) is 0 Å². The summed E-state index contributed by atoms with van der Waals surface area (Å²) in [6.07, 6.45) is 2.27. The Morgan fingerprint density at radius 2 is 2.15 bits per heavy atom. The van der Waals surface area contributed by atoms with Crippen molar-refractivity contribution in [1.29, 1.82) is 0 Å². The number of nitrogens with zero attached hydrogens (tertiary/aromatic N) is 1. The fourth-order valence-corrected chi connectivity index (χ4v) is 2.82. The fraction of sp³-hybridized carbons (Fsp3) is 0.429. The molecule has 0 aliphatic heterocycles. The molecule has 5 nitrogen and oxygen atoms in total. The monoisotopic (exact) mass is 293 g/mol. The quantitative estimate of drug-likeness (QED) is 0.788. The van der Waals surface area contributed by atoms with Gasteiger partial charge in [-0.05, 0) is 25.5 Å². The zero-order valence-corrected chi connectivity index (χ0v) is 12.5. The van der Waals surface area contributed by atoms with Crippen LogP contribution in [0.3, 0.4) is 0 Å². The maximum Gasteiger partial charge on any atom is 0.328 e. The lowest BCUT2D eigenvalue weighted by atomic mass is 10.3. The van der Waals surface area contributed by atoms with Crippen molar-refractivity contribution in [2.45, 2.75) is 33.4 Å². The second-order valence-electron chi connectivity index (χ2n) is 4.65. The highest BCUT2D eigenvalue weighted by Gasteiger charge is 2.03. The normalized spacial score (nSPS) is 10.9. The largest absolute Gasteiger partial charge is 0.328 e. The smallest absolute Gasteiger partial charge is 0.310 e. The standard InChI is InChI=1S/C14H19N3O2S/c1-3-11-9-17(14(19)16-13(11)18)7-6-15-8-12-5-4-10(2)20-12/h4-5,9,15H,3,6-8H2,1-2H3,(H,16,18,19). The van der Waals surface area contributed by atoms with Crippen LogP contribution in [0.5, 0.6) is 0 Å². The molecule has 0 saturated heterocycles. The van der Waals surface area contributed by atoms with Crippen molar-refractivity contribution in [2.24, 2.45) is 0 Å². The second kappa shape index (κ2) is 6.67. The Hall–Kier alpha value is -1.66. The third kappa shape index (κ3) is 3.68. The van der Waals surface area contributed by atoms with Crippen LogP contribution in [0, 0.1) is 6.92 Å². The van der Waals surface area contributed by atoms with E-state index in [2.05, 4.69) is 29.4 Å². The molecule has 0 unspecified atom stereocenters. The number of hydrogen-bond donors (Lipinski definition) is 2. The molecule has 0 saturated carbocycles. The van der Waals surface area contributed by atoms with E-state index < -0.39 is 0 Å². The van der Waals surface area contributed by atoms with Gasteiger partial charge in [0.1, 0.15) is 0 Å². The van der Waals surface area contributed by atoms with Crippen molar-refractivity contribution < 1.29 is 0 Å². The van der Waals surface area contributed by atoms with Crippen LogP contribution >= 0.6 is 11.3 Å². The predicted molar refractivity (Wildman–Crippen MR) is 81.5 cm³/mol. The number of H-pyrrole nitrogens is 1. The first kappa shape index (κ1) is 14.7. The van der Waals surface area contributed by atoms with E-state index in [0.29, 0.717) is 25.1 Å². The molecule has 2 N–H and O–H groups in total. The Bertz CT molecular complexity index is 684. The lowest BCUT2D eigenvalue weighted by Gasteiger charge is -2.07. The average molecular weight is 293 g/mol. The minimum absolute atomic E-state index is 0.282. The van der Waals surface area contributed by atoms with E-state index in [1.807, 2.05) is 6.92 Å². The van der Waals surface area contributed by atoms with E-state index in [9.17, 15) is 9.59 Å². The molecule has 0 aromatic carbocycles. The summed E-state index contributed by atoms with van der Waals surface area (Å²) in [5.41, 5.74) is 0.00946. The van der Waals surface area contributed by atoms with Crippen molar-refractivity contribution in [3.63, 3.8) is 0 Å². The third-order valence-electron chi connectivity index (χ3n) is 3.09. The van der Waals surface area contributed by atoms with E-state index in [-0.39, 0.29) is 11.2 Å². The van der Waals surface area contributed by atoms with Crippen LogP contribution in [0.25, 0.3) is 0 Å². The summed E-state index contributed by atoms with van der Waals surface area (Å²) < 4.78 is 1.55. The summed E-state index contributed by atoms with van der Waals surface area (Å²) in [5, 5.41) is 3.30. The van der Waals surface area contributed by atoms with Crippen LogP contribution in [0.15, 0.2) is 27.9 Å². The molecule has 2 heterocycles. The zero-order chi connectivity index (χ0) is 14.5. The van der Waals surface area contributed by atoms with Crippen molar-refractivity contribution in [2.75, 3.05) is 6.54 Å². The van der Waals surface area contributed by atoms with Crippen LogP contribution in [0.1, 0.15) is 22.2 Å². The molecule has 0 amide bonds. The first-order chi connectivity index (χ1) is 9.60. The molecule has 2 rings (SSSR count). The summed E-state index contributed by atoms with van der Waals surface area (Å²) in [5.74, 6) is 0. The maximum absolute atomic E-state index is 11.7. The molecule has 2 aromatic heterocycles. The summed E-state index contributed by atoms with van der Waals surface area (Å²) in [6, 6.07) is 4.20. The minimum Gasteiger partial charge on any atom is -0.310 e. The molecule has 0 fully saturated rings. The second-order valence-corrected chi connectivity index (χ2v) is 6.02. The Kier molecular flexibility index (Phi) is 4.92. The van der Waals surface area contributed by atoms with E-state index in [0.717, 1.165) is 6.54 Å². The molecule has 2 aromatic rings. The van der Waals surface area contributed by atoms with E-state index in [1.165, 1.54) is 9.75 Å². The van der Waals surface area contributed by atoms with E-state index in [1.54, 1.807) is 22.1 Å². The number of aryl methyl sites for hydroxylation is 2. The molecule has 0 aliphatic rings. The number of aromatic amines is 1. The molecule has 0 bridgehead atoms. The highest BCUT2D eigenvalue weighted by atomic mass is 32.1. The molecule has 0 spiro atoms. The summed E-state index contributed by atoms with van der Waals surface area (Å²) in [6.45, 7) is 6.02. The lowest BCUT2D eigenvalue weighted by molar-refractivity contribution is 0.573. The van der Waals surface area contributed by atoms with Crippen molar-refractivity contribution in [3.8, 4) is 0 Å². The molecule has 0 aliphatic carbocycles. The van der Waals surface area contributed by atoms with Gasteiger partial charge >= 0.3 is 5.69 Å². The molecular weight excluding hydrogens is 274 g/mol. The van der Waals surface area contributed by atoms with Gasteiger partial charge in [0.2, 0.25) is 0 Å². The molecule has 108 valence electrons. The Morgan fingerprint density at radius 1 is 1.35 bits per heavy atom. The van der Waals surface area contributed by atoms with Crippen LogP contribution < -0.4 is 16.6 Å². The summed E-state index contributed by atoms with van der Waals surface area (Å²) >= 11 is 1.77. The van der Waals surface area contributed by atoms with Gasteiger partial charge in [-0.15, -0.1) is 11.3 Å². The zero-order valence-electron chi connectivity index (χ0n) is 11.7. The number of nitrogens with one attached hydrogen (secondary N) is 2. The van der Waals surface area contributed by atoms with Gasteiger partial charge in [-0.2, -0.15) is 0 Å². The van der Waals surface area contributed by atoms with Gasteiger partial charge in [0.05, 0.1) is 0 Å². The topological polar surface area (TPSA) is 66.9 Å². The number of hydrogen-bond acceptors (Lipinski definition) is 4. The number of rotatable bonds is 6. The molecule has 20 heavy (non-hydrogen) atoms. The van der Waals surface area contributed by atoms with Crippen LogP contribution in [-0.2, 0) is 19.5 Å². The van der Waals surface area contributed by atoms with Gasteiger partial charge in [-0.3, -0.25) is 14.3 Å². The van der Waals surface area contributed by atoms with E-state index in [4.69, 9.17) is 0 Å². The molecule has 0 atom stereocenters. The summed E-state index contributed by atoms with van der Waals surface area (Å²) in [4.78, 5) is 28.0. The average Bonchev–Trinajstić information content (AvgIpc) is 2.82. The van der Waals surface area contributed by atoms with Gasteiger partial charge in [-0.1, -0.05) is 6.92 Å². The Labute approximate surface area is 121 Å².